The Labute approximate surface area is 147 Å². The molecule has 1 N–H and O–H groups in total. The monoisotopic (exact) mass is 363 g/mol. The highest BCUT2D eigenvalue weighted by Crippen LogP contribution is 2.18. The summed E-state index contributed by atoms with van der Waals surface area (Å²) in [5, 5.41) is 0. The topological polar surface area (TPSA) is 97.3 Å². The molecule has 25 heavy (non-hydrogen) atoms. The number of sulfonamides is 1. The summed E-state index contributed by atoms with van der Waals surface area (Å²) in [4.78, 5) is 15.0. The highest BCUT2D eigenvalue weighted by Gasteiger charge is 2.19. The van der Waals surface area contributed by atoms with Gasteiger partial charge in [0.15, 0.2) is 5.82 Å². The maximum absolute atomic E-state index is 12.4. The second-order valence-electron chi connectivity index (χ2n) is 5.87. The van der Waals surface area contributed by atoms with E-state index in [0.717, 1.165) is 31.5 Å². The van der Waals surface area contributed by atoms with Crippen LogP contribution in [0, 0.1) is 6.92 Å². The number of benzene rings is 1. The van der Waals surface area contributed by atoms with Gasteiger partial charge in [0.05, 0.1) is 18.6 Å². The highest BCUT2D eigenvalue weighted by atomic mass is 32.2. The van der Waals surface area contributed by atoms with E-state index in [1.165, 1.54) is 7.11 Å². The molecule has 9 heteroatoms. The van der Waals surface area contributed by atoms with Crippen LogP contribution in [0.4, 0.5) is 5.95 Å². The molecule has 0 radical (unpaired) electrons. The molecule has 0 spiro atoms. The molecule has 2 aromatic rings. The SMILES string of the molecule is COc1nc(CNS(=O)(=O)c2ccc(C)cc2)nc(N2CCCC2)n1. The summed E-state index contributed by atoms with van der Waals surface area (Å²) in [7, 11) is -2.16. The summed E-state index contributed by atoms with van der Waals surface area (Å²) in [6, 6.07) is 6.84. The van der Waals surface area contributed by atoms with E-state index in [4.69, 9.17) is 4.74 Å². The summed E-state index contributed by atoms with van der Waals surface area (Å²) in [5.74, 6) is 0.846. The van der Waals surface area contributed by atoms with Crippen molar-refractivity contribution in [2.75, 3.05) is 25.1 Å². The molecule has 1 saturated heterocycles. The summed E-state index contributed by atoms with van der Waals surface area (Å²) in [6.45, 7) is 3.63. The Morgan fingerprint density at radius 2 is 1.80 bits per heavy atom. The predicted molar refractivity (Wildman–Crippen MR) is 93.0 cm³/mol. The molecular weight excluding hydrogens is 342 g/mol. The summed E-state index contributed by atoms with van der Waals surface area (Å²) in [6.07, 6.45) is 2.17. The zero-order valence-electron chi connectivity index (χ0n) is 14.3. The van der Waals surface area contributed by atoms with Gasteiger partial charge in [-0.05, 0) is 31.9 Å². The number of ether oxygens (including phenoxy) is 1. The minimum absolute atomic E-state index is 0.0318. The predicted octanol–water partition coefficient (Wildman–Crippen LogP) is 1.27. The lowest BCUT2D eigenvalue weighted by molar-refractivity contribution is 0.375. The molecule has 3 rings (SSSR count). The standard InChI is InChI=1S/C16H21N5O3S/c1-12-5-7-13(8-6-12)25(22,23)17-11-14-18-15(20-16(19-14)24-2)21-9-3-4-10-21/h5-8,17H,3-4,9-11H2,1-2H3. The van der Waals surface area contributed by atoms with Gasteiger partial charge in [0.1, 0.15) is 0 Å². The van der Waals surface area contributed by atoms with E-state index >= 15 is 0 Å². The normalized spacial score (nSPS) is 14.7. The molecule has 1 aliphatic heterocycles. The molecule has 134 valence electrons. The van der Waals surface area contributed by atoms with Gasteiger partial charge in [-0.25, -0.2) is 13.1 Å². The van der Waals surface area contributed by atoms with Crippen molar-refractivity contribution in [3.63, 3.8) is 0 Å². The Kier molecular flexibility index (Phi) is 5.14. The third-order valence-corrected chi connectivity index (χ3v) is 5.39. The number of hydrogen-bond donors (Lipinski definition) is 1. The molecule has 0 atom stereocenters. The fourth-order valence-corrected chi connectivity index (χ4v) is 3.56. The number of hydrogen-bond acceptors (Lipinski definition) is 7. The first-order chi connectivity index (χ1) is 12.0. The van der Waals surface area contributed by atoms with Crippen LogP contribution in [-0.4, -0.2) is 43.6 Å². The quantitative estimate of drug-likeness (QED) is 0.825. The van der Waals surface area contributed by atoms with Crippen LogP contribution >= 0.6 is 0 Å². The van der Waals surface area contributed by atoms with Crippen molar-refractivity contribution in [2.45, 2.75) is 31.2 Å². The van der Waals surface area contributed by atoms with Crippen LogP contribution in [0.3, 0.4) is 0 Å². The zero-order valence-corrected chi connectivity index (χ0v) is 15.1. The van der Waals surface area contributed by atoms with Gasteiger partial charge in [0.25, 0.3) is 0 Å². The molecule has 0 bridgehead atoms. The first-order valence-corrected chi connectivity index (χ1v) is 9.56. The van der Waals surface area contributed by atoms with Crippen molar-refractivity contribution in [3.8, 4) is 6.01 Å². The van der Waals surface area contributed by atoms with Gasteiger partial charge in [0.2, 0.25) is 16.0 Å². The number of anilines is 1. The summed E-state index contributed by atoms with van der Waals surface area (Å²) in [5.41, 5.74) is 0.997. The van der Waals surface area contributed by atoms with Crippen LogP contribution in [0.2, 0.25) is 0 Å². The van der Waals surface area contributed by atoms with Gasteiger partial charge in [-0.3, -0.25) is 0 Å². The molecule has 0 aliphatic carbocycles. The number of rotatable bonds is 6. The maximum Gasteiger partial charge on any atom is 0.321 e. The number of aromatic nitrogens is 3. The molecule has 2 heterocycles. The largest absolute Gasteiger partial charge is 0.467 e. The lowest BCUT2D eigenvalue weighted by Crippen LogP contribution is -2.26. The van der Waals surface area contributed by atoms with Crippen LogP contribution in [-0.2, 0) is 16.6 Å². The molecule has 1 aromatic heterocycles. The molecule has 0 saturated carbocycles. The molecule has 1 fully saturated rings. The van der Waals surface area contributed by atoms with Crippen molar-refractivity contribution in [1.29, 1.82) is 0 Å². The zero-order chi connectivity index (χ0) is 17.9. The van der Waals surface area contributed by atoms with Gasteiger partial charge >= 0.3 is 6.01 Å². The Hall–Kier alpha value is -2.26. The number of nitrogens with zero attached hydrogens (tertiary/aromatic N) is 4. The van der Waals surface area contributed by atoms with Crippen LogP contribution in [0.1, 0.15) is 24.2 Å². The van der Waals surface area contributed by atoms with E-state index in [1.54, 1.807) is 24.3 Å². The van der Waals surface area contributed by atoms with Gasteiger partial charge in [-0.15, -0.1) is 0 Å². The van der Waals surface area contributed by atoms with E-state index in [2.05, 4.69) is 19.7 Å². The van der Waals surface area contributed by atoms with E-state index < -0.39 is 10.0 Å². The molecule has 8 nitrogen and oxygen atoms in total. The number of aryl methyl sites for hydroxylation is 1. The van der Waals surface area contributed by atoms with E-state index in [1.807, 2.05) is 11.8 Å². The van der Waals surface area contributed by atoms with Crippen molar-refractivity contribution in [1.82, 2.24) is 19.7 Å². The van der Waals surface area contributed by atoms with Crippen LogP contribution in [0.25, 0.3) is 0 Å². The molecular formula is C16H21N5O3S. The maximum atomic E-state index is 12.4. The second kappa shape index (κ2) is 7.32. The highest BCUT2D eigenvalue weighted by molar-refractivity contribution is 7.89. The minimum Gasteiger partial charge on any atom is -0.467 e. The molecule has 0 amide bonds. The van der Waals surface area contributed by atoms with E-state index in [9.17, 15) is 8.42 Å². The third-order valence-electron chi connectivity index (χ3n) is 3.97. The Morgan fingerprint density at radius 3 is 2.44 bits per heavy atom. The average Bonchev–Trinajstić information content (AvgIpc) is 3.15. The molecule has 1 aromatic carbocycles. The first-order valence-electron chi connectivity index (χ1n) is 8.08. The summed E-state index contributed by atoms with van der Waals surface area (Å²) < 4.78 is 32.4. The lowest BCUT2D eigenvalue weighted by Gasteiger charge is -2.16. The Bertz CT molecular complexity index is 833. The van der Waals surface area contributed by atoms with Crippen molar-refractivity contribution in [2.24, 2.45) is 0 Å². The van der Waals surface area contributed by atoms with E-state index in [0.29, 0.717) is 11.8 Å². The fourth-order valence-electron chi connectivity index (χ4n) is 2.58. The Balaban J connectivity index is 1.77. The van der Waals surface area contributed by atoms with Crippen LogP contribution < -0.4 is 14.4 Å². The van der Waals surface area contributed by atoms with Crippen LogP contribution in [0.15, 0.2) is 29.2 Å². The van der Waals surface area contributed by atoms with Crippen molar-refractivity contribution < 1.29 is 13.2 Å². The average molecular weight is 363 g/mol. The van der Waals surface area contributed by atoms with Gasteiger partial charge in [-0.1, -0.05) is 17.7 Å². The lowest BCUT2D eigenvalue weighted by atomic mass is 10.2. The second-order valence-corrected chi connectivity index (χ2v) is 7.64. The molecule has 1 aliphatic rings. The smallest absolute Gasteiger partial charge is 0.321 e. The van der Waals surface area contributed by atoms with Gasteiger partial charge in [0, 0.05) is 13.1 Å². The Morgan fingerprint density at radius 1 is 1.12 bits per heavy atom. The number of nitrogens with one attached hydrogen (secondary N) is 1. The fraction of sp³-hybridized carbons (Fsp3) is 0.438. The van der Waals surface area contributed by atoms with Crippen molar-refractivity contribution in [3.05, 3.63) is 35.7 Å². The van der Waals surface area contributed by atoms with Crippen molar-refractivity contribution >= 4 is 16.0 Å². The number of methoxy groups -OCH3 is 1. The van der Waals surface area contributed by atoms with Crippen LogP contribution in [0.5, 0.6) is 6.01 Å². The summed E-state index contributed by atoms with van der Waals surface area (Å²) >= 11 is 0. The molecule has 0 unspecified atom stereocenters. The van der Waals surface area contributed by atoms with E-state index in [-0.39, 0.29) is 17.5 Å². The third kappa shape index (κ3) is 4.23. The first kappa shape index (κ1) is 17.6. The van der Waals surface area contributed by atoms with Gasteiger partial charge < -0.3 is 9.64 Å². The minimum atomic E-state index is -3.63. The van der Waals surface area contributed by atoms with Gasteiger partial charge in [-0.2, -0.15) is 15.0 Å².